The topological polar surface area (TPSA) is 67.9 Å². The van der Waals surface area contributed by atoms with Crippen molar-refractivity contribution in [3.05, 3.63) is 53.1 Å². The van der Waals surface area contributed by atoms with Crippen LogP contribution in [0.3, 0.4) is 0 Å². The Morgan fingerprint density at radius 2 is 2.00 bits per heavy atom. The largest absolute Gasteiger partial charge is 0.454 e. The Hall–Kier alpha value is -3.02. The Morgan fingerprint density at radius 1 is 1.19 bits per heavy atom. The van der Waals surface area contributed by atoms with Crippen LogP contribution in [0.15, 0.2) is 36.4 Å². The zero-order valence-corrected chi connectivity index (χ0v) is 15.5. The van der Waals surface area contributed by atoms with E-state index in [4.69, 9.17) is 9.47 Å². The highest BCUT2D eigenvalue weighted by Gasteiger charge is 2.35. The van der Waals surface area contributed by atoms with E-state index in [0.717, 1.165) is 28.1 Å². The van der Waals surface area contributed by atoms with Crippen LogP contribution >= 0.6 is 0 Å². The molecule has 27 heavy (non-hydrogen) atoms. The van der Waals surface area contributed by atoms with Crippen LogP contribution < -0.4 is 19.7 Å². The number of hydrogen-bond acceptors (Lipinski definition) is 4. The van der Waals surface area contributed by atoms with Gasteiger partial charge in [0, 0.05) is 25.2 Å². The fourth-order valence-corrected chi connectivity index (χ4v) is 3.53. The third kappa shape index (κ3) is 3.35. The van der Waals surface area contributed by atoms with E-state index in [1.54, 1.807) is 4.90 Å². The van der Waals surface area contributed by atoms with Gasteiger partial charge in [-0.2, -0.15) is 0 Å². The first-order valence-electron chi connectivity index (χ1n) is 9.06. The van der Waals surface area contributed by atoms with E-state index >= 15 is 0 Å². The average molecular weight is 366 g/mol. The lowest BCUT2D eigenvalue weighted by Crippen LogP contribution is -2.32. The molecule has 0 unspecified atom stereocenters. The summed E-state index contributed by atoms with van der Waals surface area (Å²) in [5.41, 5.74) is 4.04. The van der Waals surface area contributed by atoms with Crippen molar-refractivity contribution in [2.45, 2.75) is 26.8 Å². The summed E-state index contributed by atoms with van der Waals surface area (Å²) in [5, 5.41) is 2.94. The van der Waals surface area contributed by atoms with Crippen molar-refractivity contribution in [1.82, 2.24) is 5.32 Å². The van der Waals surface area contributed by atoms with Gasteiger partial charge in [-0.3, -0.25) is 9.59 Å². The number of rotatable bonds is 4. The van der Waals surface area contributed by atoms with Gasteiger partial charge in [0.1, 0.15) is 0 Å². The zero-order valence-electron chi connectivity index (χ0n) is 15.5. The molecule has 4 rings (SSSR count). The van der Waals surface area contributed by atoms with Crippen LogP contribution in [0.5, 0.6) is 11.5 Å². The summed E-state index contributed by atoms with van der Waals surface area (Å²) in [6, 6.07) is 11.5. The molecule has 2 heterocycles. The molecule has 1 atom stereocenters. The molecule has 0 saturated carbocycles. The second-order valence-corrected chi connectivity index (χ2v) is 7.03. The minimum absolute atomic E-state index is 0.00747. The SMILES string of the molecule is Cc1cccc(N2C[C@H](C(=O)NCc3ccc4c(c3)OCO4)CC2=O)c1C. The second kappa shape index (κ2) is 6.95. The van der Waals surface area contributed by atoms with Crippen LogP contribution in [0.1, 0.15) is 23.1 Å². The lowest BCUT2D eigenvalue weighted by atomic mass is 10.1. The Bertz CT molecular complexity index is 909. The fraction of sp³-hybridized carbons (Fsp3) is 0.333. The first kappa shape index (κ1) is 17.4. The Kier molecular flexibility index (Phi) is 4.48. The summed E-state index contributed by atoms with van der Waals surface area (Å²) in [6.07, 6.45) is 0.236. The number of ether oxygens (including phenoxy) is 2. The Labute approximate surface area is 158 Å². The molecule has 0 radical (unpaired) electrons. The molecule has 2 aromatic carbocycles. The first-order valence-corrected chi connectivity index (χ1v) is 9.06. The molecule has 2 aromatic rings. The number of anilines is 1. The molecule has 0 spiro atoms. The predicted molar refractivity (Wildman–Crippen MR) is 101 cm³/mol. The number of aryl methyl sites for hydroxylation is 1. The maximum Gasteiger partial charge on any atom is 0.231 e. The number of nitrogens with zero attached hydrogens (tertiary/aromatic N) is 1. The lowest BCUT2D eigenvalue weighted by Gasteiger charge is -2.20. The molecule has 1 saturated heterocycles. The predicted octanol–water partition coefficient (Wildman–Crippen LogP) is 2.70. The molecule has 6 nitrogen and oxygen atoms in total. The highest BCUT2D eigenvalue weighted by atomic mass is 16.7. The van der Waals surface area contributed by atoms with Crippen LogP contribution in [-0.4, -0.2) is 25.2 Å². The van der Waals surface area contributed by atoms with E-state index in [2.05, 4.69) is 5.32 Å². The van der Waals surface area contributed by atoms with Gasteiger partial charge in [0.15, 0.2) is 11.5 Å². The molecule has 0 aliphatic carbocycles. The molecule has 0 aromatic heterocycles. The van der Waals surface area contributed by atoms with Crippen LogP contribution in [0.4, 0.5) is 5.69 Å². The molecular weight excluding hydrogens is 344 g/mol. The molecule has 0 bridgehead atoms. The fourth-order valence-electron chi connectivity index (χ4n) is 3.53. The summed E-state index contributed by atoms with van der Waals surface area (Å²) in [6.45, 7) is 5.06. The van der Waals surface area contributed by atoms with Crippen LogP contribution in [0.2, 0.25) is 0 Å². The van der Waals surface area contributed by atoms with E-state index < -0.39 is 0 Å². The molecule has 2 aliphatic rings. The lowest BCUT2D eigenvalue weighted by molar-refractivity contribution is -0.126. The van der Waals surface area contributed by atoms with Crippen molar-refractivity contribution in [3.8, 4) is 11.5 Å². The van der Waals surface area contributed by atoms with E-state index in [9.17, 15) is 9.59 Å². The standard InChI is InChI=1S/C21H22N2O4/c1-13-4-3-5-17(14(13)2)23-11-16(9-20(23)24)21(25)22-10-15-6-7-18-19(8-15)27-12-26-18/h3-8,16H,9-12H2,1-2H3,(H,22,25)/t16-/m1/s1. The molecule has 6 heteroatoms. The highest BCUT2D eigenvalue weighted by molar-refractivity contribution is 6.00. The molecule has 1 N–H and O–H groups in total. The van der Waals surface area contributed by atoms with Crippen LogP contribution in [-0.2, 0) is 16.1 Å². The minimum Gasteiger partial charge on any atom is -0.454 e. The number of benzene rings is 2. The molecular formula is C21H22N2O4. The van der Waals surface area contributed by atoms with E-state index in [1.165, 1.54) is 0 Å². The van der Waals surface area contributed by atoms with Crippen molar-refractivity contribution < 1.29 is 19.1 Å². The number of hydrogen-bond donors (Lipinski definition) is 1. The van der Waals surface area contributed by atoms with Gasteiger partial charge in [0.25, 0.3) is 0 Å². The normalized spacial score (nSPS) is 18.1. The Balaban J connectivity index is 1.40. The molecule has 1 fully saturated rings. The maximum atomic E-state index is 12.6. The van der Waals surface area contributed by atoms with Gasteiger partial charge in [0.05, 0.1) is 5.92 Å². The van der Waals surface area contributed by atoms with Gasteiger partial charge in [-0.15, -0.1) is 0 Å². The van der Waals surface area contributed by atoms with Gasteiger partial charge < -0.3 is 19.7 Å². The minimum atomic E-state index is -0.341. The first-order chi connectivity index (χ1) is 13.0. The number of amides is 2. The van der Waals surface area contributed by atoms with Gasteiger partial charge in [-0.25, -0.2) is 0 Å². The number of carbonyl (C=O) groups is 2. The number of fused-ring (bicyclic) bond motifs is 1. The van der Waals surface area contributed by atoms with Crippen LogP contribution in [0.25, 0.3) is 0 Å². The zero-order chi connectivity index (χ0) is 19.0. The van der Waals surface area contributed by atoms with Crippen LogP contribution in [0, 0.1) is 19.8 Å². The third-order valence-corrected chi connectivity index (χ3v) is 5.27. The smallest absolute Gasteiger partial charge is 0.231 e. The van der Waals surface area contributed by atoms with Gasteiger partial charge in [0.2, 0.25) is 18.6 Å². The number of carbonyl (C=O) groups excluding carboxylic acids is 2. The maximum absolute atomic E-state index is 12.6. The Morgan fingerprint density at radius 3 is 2.85 bits per heavy atom. The summed E-state index contributed by atoms with van der Waals surface area (Å²) >= 11 is 0. The third-order valence-electron chi connectivity index (χ3n) is 5.27. The molecule has 2 amide bonds. The summed E-state index contributed by atoms with van der Waals surface area (Å²) in [5.74, 6) is 0.960. The molecule has 2 aliphatic heterocycles. The van der Waals surface area contributed by atoms with E-state index in [1.807, 2.05) is 50.2 Å². The van der Waals surface area contributed by atoms with Gasteiger partial charge >= 0.3 is 0 Å². The number of nitrogens with one attached hydrogen (secondary N) is 1. The summed E-state index contributed by atoms with van der Waals surface area (Å²) in [7, 11) is 0. The van der Waals surface area contributed by atoms with E-state index in [0.29, 0.717) is 18.8 Å². The average Bonchev–Trinajstić information content (AvgIpc) is 3.28. The van der Waals surface area contributed by atoms with Crippen molar-refractivity contribution in [1.29, 1.82) is 0 Å². The van der Waals surface area contributed by atoms with Gasteiger partial charge in [-0.05, 0) is 48.7 Å². The second-order valence-electron chi connectivity index (χ2n) is 7.03. The van der Waals surface area contributed by atoms with Crippen molar-refractivity contribution in [2.24, 2.45) is 5.92 Å². The quantitative estimate of drug-likeness (QED) is 0.903. The van der Waals surface area contributed by atoms with Crippen molar-refractivity contribution >= 4 is 17.5 Å². The van der Waals surface area contributed by atoms with Gasteiger partial charge in [-0.1, -0.05) is 18.2 Å². The highest BCUT2D eigenvalue weighted by Crippen LogP contribution is 2.33. The van der Waals surface area contributed by atoms with E-state index in [-0.39, 0.29) is 30.9 Å². The molecule has 140 valence electrons. The monoisotopic (exact) mass is 366 g/mol. The summed E-state index contributed by atoms with van der Waals surface area (Å²) in [4.78, 5) is 26.8. The summed E-state index contributed by atoms with van der Waals surface area (Å²) < 4.78 is 10.6. The van der Waals surface area contributed by atoms with Crippen molar-refractivity contribution in [2.75, 3.05) is 18.2 Å². The van der Waals surface area contributed by atoms with Crippen molar-refractivity contribution in [3.63, 3.8) is 0 Å².